The topological polar surface area (TPSA) is 78.9 Å². The molecular weight excluding hydrogens is 853 g/mol. The lowest BCUT2D eigenvalue weighted by Crippen LogP contribution is -2.30. The Morgan fingerprint density at radius 2 is 0.522 bits per heavy atom. The molecule has 0 bridgehead atoms. The van der Waals surface area contributed by atoms with Crippen LogP contribution in [0.2, 0.25) is 0 Å². The van der Waals surface area contributed by atoms with Gasteiger partial charge in [-0.15, -0.1) is 0 Å². The third kappa shape index (κ3) is 55.6. The van der Waals surface area contributed by atoms with Crippen molar-refractivity contribution in [1.29, 1.82) is 0 Å². The van der Waals surface area contributed by atoms with Crippen molar-refractivity contribution in [2.24, 2.45) is 0 Å². The second-order valence-corrected chi connectivity index (χ2v) is 19.5. The van der Waals surface area contributed by atoms with Gasteiger partial charge in [-0.25, -0.2) is 0 Å². The quantitative estimate of drug-likeness (QED) is 0.0262. The summed E-state index contributed by atoms with van der Waals surface area (Å²) >= 11 is 0. The van der Waals surface area contributed by atoms with Gasteiger partial charge in [0.1, 0.15) is 13.2 Å². The Bertz CT molecular complexity index is 1290. The molecule has 0 N–H and O–H groups in total. The van der Waals surface area contributed by atoms with Crippen LogP contribution < -0.4 is 0 Å². The summed E-state index contributed by atoms with van der Waals surface area (Å²) in [6.45, 7) is 6.58. The lowest BCUT2D eigenvalue weighted by atomic mass is 10.1. The molecule has 0 saturated carbocycles. The molecule has 0 aromatic heterocycles. The summed E-state index contributed by atoms with van der Waals surface area (Å²) in [5.74, 6) is -0.925. The molecule has 0 radical (unpaired) electrons. The summed E-state index contributed by atoms with van der Waals surface area (Å²) in [4.78, 5) is 38.2. The lowest BCUT2D eigenvalue weighted by molar-refractivity contribution is -0.167. The third-order valence-corrected chi connectivity index (χ3v) is 12.7. The van der Waals surface area contributed by atoms with Gasteiger partial charge in [0.15, 0.2) is 6.10 Å². The molecule has 0 saturated heterocycles. The molecular formula is C63H110O6. The normalized spacial score (nSPS) is 12.6. The molecule has 0 rings (SSSR count). The smallest absolute Gasteiger partial charge is 0.306 e. The summed E-state index contributed by atoms with van der Waals surface area (Å²) < 4.78 is 16.8. The summed E-state index contributed by atoms with van der Waals surface area (Å²) in [5, 5.41) is 0. The third-order valence-electron chi connectivity index (χ3n) is 12.7. The van der Waals surface area contributed by atoms with Gasteiger partial charge in [0.2, 0.25) is 0 Å². The van der Waals surface area contributed by atoms with Crippen LogP contribution in [0.15, 0.2) is 72.9 Å². The summed E-state index contributed by atoms with van der Waals surface area (Å²) in [6, 6.07) is 0. The minimum atomic E-state index is -0.796. The second kappa shape index (κ2) is 57.4. The minimum absolute atomic E-state index is 0.0912. The monoisotopic (exact) mass is 963 g/mol. The van der Waals surface area contributed by atoms with E-state index in [9.17, 15) is 14.4 Å². The van der Waals surface area contributed by atoms with Gasteiger partial charge >= 0.3 is 17.9 Å². The SMILES string of the molecule is CCCCC/C=C\C/C=C\C/C=C\C/C=C\CCCCCC(=O)O[C@@H](COC(=O)CCCCCCC/C=C\CCCCCC)COC(=O)CCCCCCCCCCC/C=C\CCCCCCCC. The number of unbranched alkanes of at least 4 members (excludes halogenated alkanes) is 30. The van der Waals surface area contributed by atoms with Gasteiger partial charge in [-0.3, -0.25) is 14.4 Å². The molecule has 1 atom stereocenters. The molecule has 0 fully saturated rings. The van der Waals surface area contributed by atoms with Crippen LogP contribution in [-0.4, -0.2) is 37.2 Å². The standard InChI is InChI=1S/C63H110O6/c1-4-7-10-13-16-19-22-25-27-29-31-33-35-38-41-44-47-50-53-56-62(65)68-59-60(58-67-61(64)55-52-49-46-43-40-37-24-21-18-15-12-9-6-3)69-63(66)57-54-51-48-45-42-39-36-34-32-30-28-26-23-20-17-14-11-8-5-2/h17,20-21,24-28,32,34,39,42,60H,4-16,18-19,22-23,29-31,33,35-38,40-41,43-59H2,1-3H3/b20-17-,24-21-,27-25-,28-26-,34-32-,42-39-/t60-/m0/s1. The van der Waals surface area contributed by atoms with Gasteiger partial charge in [-0.05, 0) is 116 Å². The molecule has 0 aromatic carbocycles. The van der Waals surface area contributed by atoms with E-state index < -0.39 is 6.10 Å². The van der Waals surface area contributed by atoms with Crippen molar-refractivity contribution in [2.45, 2.75) is 297 Å². The molecule has 0 heterocycles. The number of ether oxygens (including phenoxy) is 3. The maximum absolute atomic E-state index is 12.9. The Labute approximate surface area is 427 Å². The maximum Gasteiger partial charge on any atom is 0.306 e. The number of allylic oxidation sites excluding steroid dienone is 12. The largest absolute Gasteiger partial charge is 0.462 e. The first-order valence-electron chi connectivity index (χ1n) is 29.4. The number of carbonyl (C=O) groups excluding carboxylic acids is 3. The number of hydrogen-bond acceptors (Lipinski definition) is 6. The molecule has 0 aliphatic heterocycles. The molecule has 0 amide bonds. The van der Waals surface area contributed by atoms with Gasteiger partial charge in [0.05, 0.1) is 0 Å². The number of hydrogen-bond donors (Lipinski definition) is 0. The van der Waals surface area contributed by atoms with Crippen LogP contribution in [0.4, 0.5) is 0 Å². The fourth-order valence-corrected chi connectivity index (χ4v) is 8.18. The molecule has 0 unspecified atom stereocenters. The molecule has 69 heavy (non-hydrogen) atoms. The first kappa shape index (κ1) is 65.8. The fourth-order valence-electron chi connectivity index (χ4n) is 8.18. The zero-order valence-corrected chi connectivity index (χ0v) is 45.6. The van der Waals surface area contributed by atoms with Gasteiger partial charge < -0.3 is 14.2 Å². The maximum atomic E-state index is 12.9. The van der Waals surface area contributed by atoms with E-state index in [0.29, 0.717) is 19.3 Å². The van der Waals surface area contributed by atoms with Gasteiger partial charge in [0.25, 0.3) is 0 Å². The first-order valence-corrected chi connectivity index (χ1v) is 29.4. The summed E-state index contributed by atoms with van der Waals surface area (Å²) in [5.41, 5.74) is 0. The Kier molecular flexibility index (Phi) is 54.8. The average Bonchev–Trinajstić information content (AvgIpc) is 3.35. The van der Waals surface area contributed by atoms with Crippen molar-refractivity contribution in [3.63, 3.8) is 0 Å². The Hall–Kier alpha value is -3.15. The van der Waals surface area contributed by atoms with Crippen molar-refractivity contribution in [3.8, 4) is 0 Å². The zero-order chi connectivity index (χ0) is 50.0. The van der Waals surface area contributed by atoms with Crippen LogP contribution in [0, 0.1) is 0 Å². The first-order chi connectivity index (χ1) is 34.0. The molecule has 0 aliphatic carbocycles. The van der Waals surface area contributed by atoms with E-state index in [-0.39, 0.29) is 31.1 Å². The van der Waals surface area contributed by atoms with Crippen LogP contribution in [0.1, 0.15) is 290 Å². The Balaban J connectivity index is 4.42. The van der Waals surface area contributed by atoms with Crippen molar-refractivity contribution in [1.82, 2.24) is 0 Å². The van der Waals surface area contributed by atoms with Crippen LogP contribution in [0.3, 0.4) is 0 Å². The molecule has 0 aromatic rings. The highest BCUT2D eigenvalue weighted by Gasteiger charge is 2.19. The second-order valence-electron chi connectivity index (χ2n) is 19.5. The van der Waals surface area contributed by atoms with E-state index in [1.165, 1.54) is 161 Å². The van der Waals surface area contributed by atoms with E-state index in [2.05, 4.69) is 93.7 Å². The average molecular weight is 964 g/mol. The zero-order valence-electron chi connectivity index (χ0n) is 45.6. The van der Waals surface area contributed by atoms with Gasteiger partial charge in [-0.1, -0.05) is 229 Å². The fraction of sp³-hybridized carbons (Fsp3) is 0.762. The minimum Gasteiger partial charge on any atom is -0.462 e. The summed E-state index contributed by atoms with van der Waals surface area (Å²) in [7, 11) is 0. The van der Waals surface area contributed by atoms with E-state index in [0.717, 1.165) is 89.9 Å². The summed E-state index contributed by atoms with van der Waals surface area (Å²) in [6.07, 6.45) is 73.2. The van der Waals surface area contributed by atoms with E-state index in [1.807, 2.05) is 0 Å². The van der Waals surface area contributed by atoms with Crippen molar-refractivity contribution < 1.29 is 28.6 Å². The predicted octanol–water partition coefficient (Wildman–Crippen LogP) is 19.8. The van der Waals surface area contributed by atoms with Crippen LogP contribution >= 0.6 is 0 Å². The van der Waals surface area contributed by atoms with Crippen LogP contribution in [-0.2, 0) is 28.6 Å². The highest BCUT2D eigenvalue weighted by Crippen LogP contribution is 2.15. The number of rotatable bonds is 53. The number of carbonyl (C=O) groups is 3. The van der Waals surface area contributed by atoms with E-state index in [4.69, 9.17) is 14.2 Å². The molecule has 0 aliphatic rings. The van der Waals surface area contributed by atoms with Crippen molar-refractivity contribution >= 4 is 17.9 Å². The highest BCUT2D eigenvalue weighted by atomic mass is 16.6. The van der Waals surface area contributed by atoms with Crippen LogP contribution in [0.25, 0.3) is 0 Å². The molecule has 6 nitrogen and oxygen atoms in total. The highest BCUT2D eigenvalue weighted by molar-refractivity contribution is 5.71. The van der Waals surface area contributed by atoms with Crippen LogP contribution in [0.5, 0.6) is 0 Å². The molecule has 6 heteroatoms. The predicted molar refractivity (Wildman–Crippen MR) is 298 cm³/mol. The van der Waals surface area contributed by atoms with E-state index in [1.54, 1.807) is 0 Å². The van der Waals surface area contributed by atoms with Gasteiger partial charge in [-0.2, -0.15) is 0 Å². The Morgan fingerprint density at radius 3 is 0.884 bits per heavy atom. The van der Waals surface area contributed by atoms with Gasteiger partial charge in [0, 0.05) is 19.3 Å². The lowest BCUT2D eigenvalue weighted by Gasteiger charge is -2.18. The Morgan fingerprint density at radius 1 is 0.290 bits per heavy atom. The van der Waals surface area contributed by atoms with Crippen molar-refractivity contribution in [3.05, 3.63) is 72.9 Å². The molecule has 398 valence electrons. The molecule has 0 spiro atoms. The van der Waals surface area contributed by atoms with Crippen molar-refractivity contribution in [2.75, 3.05) is 13.2 Å². The van der Waals surface area contributed by atoms with E-state index >= 15 is 0 Å². The number of esters is 3.